The molecule has 0 amide bonds. The number of benzene rings is 2. The molecule has 0 radical (unpaired) electrons. The molecule has 2 heterocycles. The van der Waals surface area contributed by atoms with Crippen molar-refractivity contribution in [3.63, 3.8) is 0 Å². The van der Waals surface area contributed by atoms with Crippen molar-refractivity contribution in [2.45, 2.75) is 43.7 Å². The van der Waals surface area contributed by atoms with Gasteiger partial charge in [0.05, 0.1) is 14.4 Å². The van der Waals surface area contributed by atoms with Crippen molar-refractivity contribution in [2.75, 3.05) is 6.26 Å². The zero-order chi connectivity index (χ0) is 23.4. The molecule has 4 bridgehead atoms. The van der Waals surface area contributed by atoms with Gasteiger partial charge in [0.2, 0.25) is 15.9 Å². The average molecular weight is 445 g/mol. The van der Waals surface area contributed by atoms with E-state index in [9.17, 15) is 12.8 Å². The molecule has 3 aromatic rings. The highest BCUT2D eigenvalue weighted by atomic mass is 32.2. The lowest BCUT2D eigenvalue weighted by Crippen LogP contribution is -2.35. The number of fused-ring (bicyclic) bond motifs is 7. The van der Waals surface area contributed by atoms with E-state index in [-0.39, 0.29) is 17.5 Å². The molecule has 1 N–H and O–H groups in total. The van der Waals surface area contributed by atoms with Crippen LogP contribution in [0.25, 0.3) is 11.1 Å². The number of rotatable bonds is 2. The molecular weight excluding hydrogens is 419 g/mol. The fourth-order valence-corrected chi connectivity index (χ4v) is 5.50. The van der Waals surface area contributed by atoms with Crippen LogP contribution in [0.15, 0.2) is 53.1 Å². The van der Waals surface area contributed by atoms with Crippen LogP contribution in [0.2, 0.25) is 0 Å². The number of hydrogen-bond acceptors (Lipinski definition) is 5. The Bertz CT molecular complexity index is 1330. The molecule has 6 nitrogen and oxygen atoms in total. The number of oxazole rings is 1. The quantitative estimate of drug-likeness (QED) is 0.647. The van der Waals surface area contributed by atoms with Crippen molar-refractivity contribution in [3.8, 4) is 16.9 Å². The Hall–Kier alpha value is -2.71. The van der Waals surface area contributed by atoms with E-state index in [4.69, 9.17) is 11.9 Å². The lowest BCUT2D eigenvalue weighted by atomic mass is 9.79. The predicted octanol–water partition coefficient (Wildman–Crippen LogP) is 3.96. The third-order valence-electron chi connectivity index (χ3n) is 5.96. The lowest BCUT2D eigenvalue weighted by molar-refractivity contribution is 0.302. The molecule has 1 aliphatic carbocycles. The van der Waals surface area contributed by atoms with E-state index in [2.05, 4.69) is 9.71 Å². The van der Waals surface area contributed by atoms with E-state index in [1.165, 1.54) is 12.3 Å². The summed E-state index contributed by atoms with van der Waals surface area (Å²) in [6, 6.07) is 11.2. The van der Waals surface area contributed by atoms with Gasteiger partial charge in [-0.05, 0) is 49.4 Å². The molecule has 1 aromatic heterocycles. The SMILES string of the molecule is [2H]C1([2H])Oc2ccccc2-c2cc(ccc2F)C[C@@]2(CC[C@H](NS(C)(=O)=O)C2)c2nc1co2. The topological polar surface area (TPSA) is 81.4 Å². The van der Waals surface area contributed by atoms with Gasteiger partial charge in [0.1, 0.15) is 30.1 Å². The van der Waals surface area contributed by atoms with Crippen molar-refractivity contribution < 1.29 is 24.7 Å². The van der Waals surface area contributed by atoms with Crippen LogP contribution in [0, 0.1) is 5.82 Å². The van der Waals surface area contributed by atoms with Gasteiger partial charge < -0.3 is 9.15 Å². The number of halogens is 1. The Kier molecular flexibility index (Phi) is 4.31. The van der Waals surface area contributed by atoms with E-state index in [0.717, 1.165) is 11.8 Å². The number of hydrogen-bond donors (Lipinski definition) is 1. The molecule has 1 saturated carbocycles. The first-order valence-corrected chi connectivity index (χ1v) is 11.9. The number of aromatic nitrogens is 1. The van der Waals surface area contributed by atoms with Gasteiger partial charge in [-0.2, -0.15) is 0 Å². The van der Waals surface area contributed by atoms with Crippen molar-refractivity contribution in [1.29, 1.82) is 0 Å². The second-order valence-electron chi connectivity index (χ2n) is 8.34. The Morgan fingerprint density at radius 3 is 2.94 bits per heavy atom. The number of nitrogens with one attached hydrogen (secondary N) is 1. The van der Waals surface area contributed by atoms with E-state index in [1.807, 2.05) is 0 Å². The minimum absolute atomic E-state index is 0.0316. The van der Waals surface area contributed by atoms with Gasteiger partial charge in [-0.1, -0.05) is 24.3 Å². The van der Waals surface area contributed by atoms with E-state index in [1.54, 1.807) is 36.4 Å². The summed E-state index contributed by atoms with van der Waals surface area (Å²) in [7, 11) is -3.40. The molecule has 162 valence electrons. The molecule has 31 heavy (non-hydrogen) atoms. The summed E-state index contributed by atoms with van der Waals surface area (Å²) in [6.07, 6.45) is 4.38. The molecule has 8 heteroatoms. The van der Waals surface area contributed by atoms with Gasteiger partial charge in [-0.15, -0.1) is 0 Å². The van der Waals surface area contributed by atoms with Crippen molar-refractivity contribution in [1.82, 2.24) is 9.71 Å². The highest BCUT2D eigenvalue weighted by Crippen LogP contribution is 2.45. The molecule has 0 unspecified atom stereocenters. The van der Waals surface area contributed by atoms with E-state index >= 15 is 0 Å². The van der Waals surface area contributed by atoms with E-state index < -0.39 is 27.8 Å². The smallest absolute Gasteiger partial charge is 0.208 e. The van der Waals surface area contributed by atoms with Crippen LogP contribution in [-0.2, 0) is 28.4 Å². The first kappa shape index (κ1) is 17.9. The van der Waals surface area contributed by atoms with Crippen LogP contribution in [0.3, 0.4) is 0 Å². The Morgan fingerprint density at radius 2 is 2.10 bits per heavy atom. The first-order chi connectivity index (χ1) is 15.5. The summed E-state index contributed by atoms with van der Waals surface area (Å²) in [6.45, 7) is -2.32. The van der Waals surface area contributed by atoms with Gasteiger partial charge in [0.15, 0.2) is 0 Å². The van der Waals surface area contributed by atoms with Crippen LogP contribution >= 0.6 is 0 Å². The van der Waals surface area contributed by atoms with Gasteiger partial charge in [-0.25, -0.2) is 22.5 Å². The largest absolute Gasteiger partial charge is 0.487 e. The molecule has 1 spiro atoms. The van der Waals surface area contributed by atoms with Crippen LogP contribution in [0.1, 0.15) is 39.2 Å². The molecule has 2 aliphatic rings. The Morgan fingerprint density at radius 1 is 1.26 bits per heavy atom. The van der Waals surface area contributed by atoms with Crippen LogP contribution in [0.4, 0.5) is 4.39 Å². The summed E-state index contributed by atoms with van der Waals surface area (Å²) in [4.78, 5) is 4.48. The summed E-state index contributed by atoms with van der Waals surface area (Å²) >= 11 is 0. The first-order valence-electron chi connectivity index (χ1n) is 11.1. The minimum atomic E-state index is -3.40. The average Bonchev–Trinajstić information content (AvgIpc) is 3.37. The monoisotopic (exact) mass is 444 g/mol. The summed E-state index contributed by atoms with van der Waals surface area (Å²) in [5, 5.41) is 0. The normalized spacial score (nSPS) is 25.5. The van der Waals surface area contributed by atoms with Gasteiger partial charge in [-0.3, -0.25) is 0 Å². The second kappa shape index (κ2) is 7.46. The van der Waals surface area contributed by atoms with Crippen LogP contribution in [0.5, 0.6) is 5.75 Å². The maximum Gasteiger partial charge on any atom is 0.208 e. The Labute approximate surface area is 183 Å². The van der Waals surface area contributed by atoms with Crippen LogP contribution < -0.4 is 9.46 Å². The number of nitrogens with zero attached hydrogens (tertiary/aromatic N) is 1. The van der Waals surface area contributed by atoms with E-state index in [0.29, 0.717) is 42.7 Å². The van der Waals surface area contributed by atoms with Crippen molar-refractivity contribution in [3.05, 3.63) is 71.7 Å². The standard InChI is InChI=1S/C23H23FN2O4S/c1-31(27,28)26-16-8-9-23(12-16)11-15-6-7-20(24)19(10-15)18-4-2-3-5-21(18)29-13-17-14-30-22(23)25-17/h2-7,10,14,16,26H,8-9,11-13H2,1H3/t16-,23+/m0/s1/i13D2. The zero-order valence-electron chi connectivity index (χ0n) is 18.9. The highest BCUT2D eigenvalue weighted by Gasteiger charge is 2.45. The third kappa shape index (κ3) is 3.97. The fraction of sp³-hybridized carbons (Fsp3) is 0.348. The van der Waals surface area contributed by atoms with Crippen molar-refractivity contribution >= 4 is 10.0 Å². The lowest BCUT2D eigenvalue weighted by Gasteiger charge is -2.27. The maximum atomic E-state index is 14.9. The third-order valence-corrected chi connectivity index (χ3v) is 6.72. The second-order valence-corrected chi connectivity index (χ2v) is 10.1. The molecular formula is C23H23FN2O4S. The number of sulfonamides is 1. The number of ether oxygens (including phenoxy) is 1. The molecule has 1 aliphatic heterocycles. The highest BCUT2D eigenvalue weighted by molar-refractivity contribution is 7.88. The van der Waals surface area contributed by atoms with Gasteiger partial charge >= 0.3 is 0 Å². The zero-order valence-corrected chi connectivity index (χ0v) is 17.7. The minimum Gasteiger partial charge on any atom is -0.487 e. The molecule has 5 rings (SSSR count). The molecule has 2 atom stereocenters. The summed E-state index contributed by atoms with van der Waals surface area (Å²) in [5.41, 5.74) is 0.870. The Balaban J connectivity index is 1.67. The predicted molar refractivity (Wildman–Crippen MR) is 114 cm³/mol. The molecule has 1 fully saturated rings. The summed E-state index contributed by atoms with van der Waals surface area (Å²) < 4.78 is 69.6. The molecule has 2 aromatic carbocycles. The van der Waals surface area contributed by atoms with Gasteiger partial charge in [0, 0.05) is 17.2 Å². The summed E-state index contributed by atoms with van der Waals surface area (Å²) in [5.74, 6) is 0.0690. The van der Waals surface area contributed by atoms with Crippen LogP contribution in [-0.4, -0.2) is 25.7 Å². The van der Waals surface area contributed by atoms with Crippen molar-refractivity contribution in [2.24, 2.45) is 0 Å². The number of para-hydroxylation sites is 1. The van der Waals surface area contributed by atoms with Gasteiger partial charge in [0.25, 0.3) is 0 Å². The fourth-order valence-electron chi connectivity index (χ4n) is 4.69. The molecule has 0 saturated heterocycles. The maximum absolute atomic E-state index is 14.9.